The standard InChI is InChI=1S/C29H39N3O/c1-3-26-9-6-7-19-31(26)20-8-18-30-29(33)17-16-25-22-32(28-11-5-4-10-27(25)28)21-24-14-12-23(2)13-15-24/h4-5,10-15,22,26H,3,6-9,16-21H2,1-2H3,(H,30,33)/t26-/m1/s1. The second-order valence-corrected chi connectivity index (χ2v) is 9.58. The molecule has 0 radical (unpaired) electrons. The Balaban J connectivity index is 1.29. The average Bonchev–Trinajstić information content (AvgIpc) is 3.19. The zero-order chi connectivity index (χ0) is 23.0. The van der Waals surface area contributed by atoms with Crippen molar-refractivity contribution < 1.29 is 4.79 Å². The monoisotopic (exact) mass is 445 g/mol. The molecule has 4 heteroatoms. The van der Waals surface area contributed by atoms with Gasteiger partial charge in [-0.2, -0.15) is 0 Å². The minimum atomic E-state index is 0.163. The lowest BCUT2D eigenvalue weighted by atomic mass is 10.00. The van der Waals surface area contributed by atoms with E-state index in [2.05, 4.69) is 83.4 Å². The number of benzene rings is 2. The zero-order valence-electron chi connectivity index (χ0n) is 20.4. The molecule has 0 aliphatic carbocycles. The molecule has 0 saturated carbocycles. The van der Waals surface area contributed by atoms with E-state index in [0.717, 1.165) is 38.5 Å². The van der Waals surface area contributed by atoms with Crippen LogP contribution in [0.2, 0.25) is 0 Å². The summed E-state index contributed by atoms with van der Waals surface area (Å²) in [7, 11) is 0. The first kappa shape index (κ1) is 23.6. The molecule has 1 aromatic heterocycles. The van der Waals surface area contributed by atoms with Crippen LogP contribution in [-0.2, 0) is 17.8 Å². The van der Waals surface area contributed by atoms with Crippen LogP contribution in [0.15, 0.2) is 54.7 Å². The van der Waals surface area contributed by atoms with Crippen molar-refractivity contribution in [1.82, 2.24) is 14.8 Å². The van der Waals surface area contributed by atoms with E-state index >= 15 is 0 Å². The van der Waals surface area contributed by atoms with Crippen molar-refractivity contribution in [2.75, 3.05) is 19.6 Å². The van der Waals surface area contributed by atoms with Crippen LogP contribution in [0.4, 0.5) is 0 Å². The number of aryl methyl sites for hydroxylation is 2. The number of hydrogen-bond acceptors (Lipinski definition) is 2. The number of para-hydroxylation sites is 1. The molecule has 0 bridgehead atoms. The summed E-state index contributed by atoms with van der Waals surface area (Å²) in [6.45, 7) is 8.36. The van der Waals surface area contributed by atoms with E-state index in [-0.39, 0.29) is 5.91 Å². The molecular formula is C29H39N3O. The van der Waals surface area contributed by atoms with Crippen molar-refractivity contribution in [3.63, 3.8) is 0 Å². The third-order valence-electron chi connectivity index (χ3n) is 7.13. The molecular weight excluding hydrogens is 406 g/mol. The predicted molar refractivity (Wildman–Crippen MR) is 138 cm³/mol. The molecule has 1 amide bonds. The van der Waals surface area contributed by atoms with Crippen molar-refractivity contribution in [3.8, 4) is 0 Å². The quantitative estimate of drug-likeness (QED) is 0.406. The third kappa shape index (κ3) is 6.26. The van der Waals surface area contributed by atoms with Crippen molar-refractivity contribution in [1.29, 1.82) is 0 Å². The smallest absolute Gasteiger partial charge is 0.220 e. The van der Waals surface area contributed by atoms with Gasteiger partial charge in [-0.15, -0.1) is 0 Å². The highest BCUT2D eigenvalue weighted by Crippen LogP contribution is 2.24. The second-order valence-electron chi connectivity index (χ2n) is 9.58. The van der Waals surface area contributed by atoms with Gasteiger partial charge in [-0.1, -0.05) is 61.4 Å². The molecule has 176 valence electrons. The van der Waals surface area contributed by atoms with Crippen LogP contribution >= 0.6 is 0 Å². The Morgan fingerprint density at radius 2 is 1.91 bits per heavy atom. The lowest BCUT2D eigenvalue weighted by Crippen LogP contribution is -2.40. The van der Waals surface area contributed by atoms with E-state index in [0.29, 0.717) is 6.42 Å². The molecule has 0 spiro atoms. The number of hydrogen-bond donors (Lipinski definition) is 1. The van der Waals surface area contributed by atoms with Crippen molar-refractivity contribution in [3.05, 3.63) is 71.4 Å². The molecule has 1 saturated heterocycles. The number of likely N-dealkylation sites (tertiary alicyclic amines) is 1. The SMILES string of the molecule is CC[C@@H]1CCCCN1CCCNC(=O)CCc1cn(Cc2ccc(C)cc2)c2ccccc12. The van der Waals surface area contributed by atoms with Crippen molar-refractivity contribution in [2.24, 2.45) is 0 Å². The van der Waals surface area contributed by atoms with Crippen LogP contribution in [-0.4, -0.2) is 41.1 Å². The number of piperidine rings is 1. The van der Waals surface area contributed by atoms with Crippen LogP contribution in [0.5, 0.6) is 0 Å². The number of fused-ring (bicyclic) bond motifs is 1. The molecule has 33 heavy (non-hydrogen) atoms. The van der Waals surface area contributed by atoms with E-state index in [1.165, 1.54) is 59.8 Å². The third-order valence-corrected chi connectivity index (χ3v) is 7.13. The minimum absolute atomic E-state index is 0.163. The second kappa shape index (κ2) is 11.5. The highest BCUT2D eigenvalue weighted by Gasteiger charge is 2.19. The lowest BCUT2D eigenvalue weighted by molar-refractivity contribution is -0.121. The molecule has 1 atom stereocenters. The molecule has 2 heterocycles. The number of rotatable bonds is 10. The molecule has 4 nitrogen and oxygen atoms in total. The van der Waals surface area contributed by atoms with Gasteiger partial charge in [-0.25, -0.2) is 0 Å². The Kier molecular flexibility index (Phi) is 8.22. The molecule has 1 N–H and O–H groups in total. The zero-order valence-corrected chi connectivity index (χ0v) is 20.4. The van der Waals surface area contributed by atoms with Gasteiger partial charge in [0, 0.05) is 49.2 Å². The van der Waals surface area contributed by atoms with E-state index in [4.69, 9.17) is 0 Å². The van der Waals surface area contributed by atoms with Gasteiger partial charge >= 0.3 is 0 Å². The maximum Gasteiger partial charge on any atom is 0.220 e. The van der Waals surface area contributed by atoms with Gasteiger partial charge in [0.2, 0.25) is 5.91 Å². The summed E-state index contributed by atoms with van der Waals surface area (Å²) in [5, 5.41) is 4.41. The van der Waals surface area contributed by atoms with Crippen LogP contribution in [0.25, 0.3) is 10.9 Å². The Morgan fingerprint density at radius 3 is 2.73 bits per heavy atom. The molecule has 3 aromatic rings. The summed E-state index contributed by atoms with van der Waals surface area (Å²) >= 11 is 0. The first-order chi connectivity index (χ1) is 16.1. The fourth-order valence-corrected chi connectivity index (χ4v) is 5.21. The lowest BCUT2D eigenvalue weighted by Gasteiger charge is -2.35. The number of nitrogens with zero attached hydrogens (tertiary/aromatic N) is 2. The number of aromatic nitrogens is 1. The van der Waals surface area contributed by atoms with Crippen LogP contribution in [0.3, 0.4) is 0 Å². The molecule has 1 aliphatic heterocycles. The van der Waals surface area contributed by atoms with Gasteiger partial charge in [-0.05, 0) is 62.8 Å². The Bertz CT molecular complexity index is 1040. The van der Waals surface area contributed by atoms with Gasteiger partial charge in [0.15, 0.2) is 0 Å². The average molecular weight is 446 g/mol. The predicted octanol–water partition coefficient (Wildman–Crippen LogP) is 5.70. The summed E-state index contributed by atoms with van der Waals surface area (Å²) in [4.78, 5) is 15.1. The summed E-state index contributed by atoms with van der Waals surface area (Å²) in [6.07, 6.45) is 9.85. The first-order valence-corrected chi connectivity index (χ1v) is 12.8. The molecule has 2 aromatic carbocycles. The highest BCUT2D eigenvalue weighted by molar-refractivity contribution is 5.85. The van der Waals surface area contributed by atoms with E-state index in [1.807, 2.05) is 0 Å². The Hall–Kier alpha value is -2.59. The van der Waals surface area contributed by atoms with Gasteiger partial charge in [-0.3, -0.25) is 4.79 Å². The number of nitrogens with one attached hydrogen (secondary N) is 1. The largest absolute Gasteiger partial charge is 0.356 e. The van der Waals surface area contributed by atoms with Crippen molar-refractivity contribution in [2.45, 2.75) is 71.4 Å². The Morgan fingerprint density at radius 1 is 1.09 bits per heavy atom. The van der Waals surface area contributed by atoms with Crippen LogP contribution in [0, 0.1) is 6.92 Å². The summed E-state index contributed by atoms with van der Waals surface area (Å²) < 4.78 is 2.32. The Labute approximate surface area is 199 Å². The van der Waals surface area contributed by atoms with Gasteiger partial charge in [0.25, 0.3) is 0 Å². The van der Waals surface area contributed by atoms with Crippen molar-refractivity contribution >= 4 is 16.8 Å². The number of carbonyl (C=O) groups is 1. The molecule has 4 rings (SSSR count). The maximum atomic E-state index is 12.5. The molecule has 1 aliphatic rings. The maximum absolute atomic E-state index is 12.5. The molecule has 0 unspecified atom stereocenters. The van der Waals surface area contributed by atoms with Crippen LogP contribution in [0.1, 0.15) is 62.1 Å². The van der Waals surface area contributed by atoms with E-state index < -0.39 is 0 Å². The summed E-state index contributed by atoms with van der Waals surface area (Å²) in [5.74, 6) is 0.163. The van der Waals surface area contributed by atoms with Crippen LogP contribution < -0.4 is 5.32 Å². The van der Waals surface area contributed by atoms with Gasteiger partial charge in [0.1, 0.15) is 0 Å². The first-order valence-electron chi connectivity index (χ1n) is 12.8. The number of amides is 1. The number of carbonyl (C=O) groups excluding carboxylic acids is 1. The minimum Gasteiger partial charge on any atom is -0.356 e. The van der Waals surface area contributed by atoms with Gasteiger partial charge < -0.3 is 14.8 Å². The summed E-state index contributed by atoms with van der Waals surface area (Å²) in [5.41, 5.74) is 5.07. The van der Waals surface area contributed by atoms with E-state index in [1.54, 1.807) is 0 Å². The fraction of sp³-hybridized carbons (Fsp3) is 0.483. The van der Waals surface area contributed by atoms with E-state index in [9.17, 15) is 4.79 Å². The summed E-state index contributed by atoms with van der Waals surface area (Å²) in [6, 6.07) is 18.0. The fourth-order valence-electron chi connectivity index (χ4n) is 5.21. The molecule has 1 fully saturated rings. The highest BCUT2D eigenvalue weighted by atomic mass is 16.1. The normalized spacial score (nSPS) is 16.8. The van der Waals surface area contributed by atoms with Gasteiger partial charge in [0.05, 0.1) is 0 Å². The topological polar surface area (TPSA) is 37.3 Å².